The predicted octanol–water partition coefficient (Wildman–Crippen LogP) is 3.39. The Morgan fingerprint density at radius 1 is 1.00 bits per heavy atom. The van der Waals surface area contributed by atoms with Gasteiger partial charge in [-0.2, -0.15) is 0 Å². The number of aromatic carboxylic acids is 2. The molecule has 0 unspecified atom stereocenters. The molecule has 0 amide bonds. The molecule has 7 nitrogen and oxygen atoms in total. The van der Waals surface area contributed by atoms with Gasteiger partial charge in [-0.15, -0.1) is 0 Å². The molecule has 2 aromatic carbocycles. The fourth-order valence-corrected chi connectivity index (χ4v) is 4.21. The van der Waals surface area contributed by atoms with Crippen molar-refractivity contribution in [1.82, 2.24) is 0 Å². The average molecular weight is 391 g/mol. The van der Waals surface area contributed by atoms with Crippen LogP contribution in [0, 0.1) is 6.92 Å². The van der Waals surface area contributed by atoms with Crippen LogP contribution in [-0.2, 0) is 10.0 Å². The molecule has 0 spiro atoms. The Kier molecular flexibility index (Phi) is 6.22. The number of anilines is 1. The lowest BCUT2D eigenvalue weighted by Gasteiger charge is -2.26. The van der Waals surface area contributed by atoms with Crippen molar-refractivity contribution >= 4 is 27.6 Å². The maximum absolute atomic E-state index is 13.2. The van der Waals surface area contributed by atoms with Crippen LogP contribution in [0.2, 0.25) is 0 Å². The predicted molar refractivity (Wildman–Crippen MR) is 101 cm³/mol. The first-order valence-corrected chi connectivity index (χ1v) is 9.83. The number of carbonyl (C=O) groups is 2. The molecule has 0 aliphatic rings. The lowest BCUT2D eigenvalue weighted by molar-refractivity contribution is 0.0686. The summed E-state index contributed by atoms with van der Waals surface area (Å²) in [6.07, 6.45) is 1.22. The number of nitrogens with zero attached hydrogens (tertiary/aromatic N) is 1. The van der Waals surface area contributed by atoms with Gasteiger partial charge in [-0.25, -0.2) is 18.0 Å². The van der Waals surface area contributed by atoms with Crippen molar-refractivity contribution in [2.45, 2.75) is 31.6 Å². The summed E-state index contributed by atoms with van der Waals surface area (Å²) in [6, 6.07) is 9.72. The standard InChI is InChI=1S/C19H21NO6S/c1-3-4-11-20(17-8-6-5-7-15(17)18(21)22)27(25,26)14-10-9-13(2)16(12-14)19(23)24/h5-10,12H,3-4,11H2,1-2H3,(H,21,22)(H,23,24). The van der Waals surface area contributed by atoms with Gasteiger partial charge in [0.1, 0.15) is 0 Å². The Balaban J connectivity index is 2.65. The molecule has 8 heteroatoms. The first-order chi connectivity index (χ1) is 12.7. The summed E-state index contributed by atoms with van der Waals surface area (Å²) in [7, 11) is -4.15. The lowest BCUT2D eigenvalue weighted by Crippen LogP contribution is -2.33. The third-order valence-corrected chi connectivity index (χ3v) is 5.95. The summed E-state index contributed by atoms with van der Waals surface area (Å²) < 4.78 is 27.5. The summed E-state index contributed by atoms with van der Waals surface area (Å²) in [5.74, 6) is -2.46. The smallest absolute Gasteiger partial charge is 0.337 e. The fraction of sp³-hybridized carbons (Fsp3) is 0.263. The van der Waals surface area contributed by atoms with Gasteiger partial charge >= 0.3 is 11.9 Å². The van der Waals surface area contributed by atoms with Crippen LogP contribution in [0.5, 0.6) is 0 Å². The molecule has 27 heavy (non-hydrogen) atoms. The van der Waals surface area contributed by atoms with E-state index >= 15 is 0 Å². The third kappa shape index (κ3) is 4.28. The van der Waals surface area contributed by atoms with Crippen LogP contribution in [0.3, 0.4) is 0 Å². The largest absolute Gasteiger partial charge is 0.478 e. The molecular weight excluding hydrogens is 370 g/mol. The number of rotatable bonds is 8. The van der Waals surface area contributed by atoms with Gasteiger partial charge in [0.25, 0.3) is 10.0 Å². The van der Waals surface area contributed by atoms with E-state index in [0.717, 1.165) is 10.4 Å². The van der Waals surface area contributed by atoms with Gasteiger partial charge < -0.3 is 10.2 Å². The van der Waals surface area contributed by atoms with E-state index in [-0.39, 0.29) is 28.3 Å². The maximum Gasteiger partial charge on any atom is 0.337 e. The maximum atomic E-state index is 13.2. The molecule has 2 N–H and O–H groups in total. The molecule has 0 aromatic heterocycles. The highest BCUT2D eigenvalue weighted by molar-refractivity contribution is 7.92. The Hall–Kier alpha value is -2.87. The number of unbranched alkanes of at least 4 members (excludes halogenated alkanes) is 1. The van der Waals surface area contributed by atoms with Crippen molar-refractivity contribution in [2.75, 3.05) is 10.8 Å². The van der Waals surface area contributed by atoms with Gasteiger partial charge in [0.2, 0.25) is 0 Å². The second kappa shape index (κ2) is 8.22. The third-order valence-electron chi connectivity index (χ3n) is 4.15. The molecule has 0 aliphatic heterocycles. The summed E-state index contributed by atoms with van der Waals surface area (Å²) in [4.78, 5) is 22.7. The number of hydrogen-bond donors (Lipinski definition) is 2. The normalized spacial score (nSPS) is 11.2. The van der Waals surface area contributed by atoms with Crippen molar-refractivity contribution in [3.05, 3.63) is 59.2 Å². The molecule has 0 aliphatic carbocycles. The van der Waals surface area contributed by atoms with Crippen molar-refractivity contribution < 1.29 is 28.2 Å². The number of hydrogen-bond acceptors (Lipinski definition) is 4. The lowest BCUT2D eigenvalue weighted by atomic mass is 10.1. The zero-order valence-electron chi connectivity index (χ0n) is 15.0. The Bertz CT molecular complexity index is 968. The van der Waals surface area contributed by atoms with E-state index in [2.05, 4.69) is 0 Å². The van der Waals surface area contributed by atoms with E-state index in [1.165, 1.54) is 30.3 Å². The SMILES string of the molecule is CCCCN(c1ccccc1C(=O)O)S(=O)(=O)c1ccc(C)c(C(=O)O)c1. The van der Waals surface area contributed by atoms with E-state index in [0.29, 0.717) is 18.4 Å². The molecule has 0 fully saturated rings. The summed E-state index contributed by atoms with van der Waals surface area (Å²) in [5, 5.41) is 18.7. The summed E-state index contributed by atoms with van der Waals surface area (Å²) >= 11 is 0. The monoisotopic (exact) mass is 391 g/mol. The molecule has 144 valence electrons. The zero-order chi connectivity index (χ0) is 20.2. The Labute approximate surface area is 157 Å². The van der Waals surface area contributed by atoms with E-state index in [9.17, 15) is 28.2 Å². The van der Waals surface area contributed by atoms with Crippen LogP contribution < -0.4 is 4.31 Å². The highest BCUT2D eigenvalue weighted by Crippen LogP contribution is 2.28. The first kappa shape index (κ1) is 20.4. The fourth-order valence-electron chi connectivity index (χ4n) is 2.66. The number of carboxylic acid groups (broad SMARTS) is 2. The average Bonchev–Trinajstić information content (AvgIpc) is 2.62. The number of benzene rings is 2. The molecule has 0 saturated carbocycles. The van der Waals surface area contributed by atoms with E-state index in [1.807, 2.05) is 6.92 Å². The Morgan fingerprint density at radius 2 is 1.63 bits per heavy atom. The van der Waals surface area contributed by atoms with Crippen LogP contribution in [0.25, 0.3) is 0 Å². The van der Waals surface area contributed by atoms with Gasteiger partial charge in [0.15, 0.2) is 0 Å². The van der Waals surface area contributed by atoms with Crippen LogP contribution in [0.4, 0.5) is 5.69 Å². The quantitative estimate of drug-likeness (QED) is 0.713. The van der Waals surface area contributed by atoms with Crippen molar-refractivity contribution in [1.29, 1.82) is 0 Å². The van der Waals surface area contributed by atoms with Gasteiger partial charge in [-0.05, 0) is 43.2 Å². The van der Waals surface area contributed by atoms with Crippen LogP contribution in [0.1, 0.15) is 46.0 Å². The minimum absolute atomic E-state index is 0.0518. The molecule has 0 saturated heterocycles. The van der Waals surface area contributed by atoms with Gasteiger partial charge in [-0.1, -0.05) is 31.5 Å². The van der Waals surface area contributed by atoms with Crippen molar-refractivity contribution in [2.24, 2.45) is 0 Å². The highest BCUT2D eigenvalue weighted by atomic mass is 32.2. The molecule has 0 heterocycles. The van der Waals surface area contributed by atoms with Gasteiger partial charge in [0, 0.05) is 6.54 Å². The minimum Gasteiger partial charge on any atom is -0.478 e. The van der Waals surface area contributed by atoms with E-state index in [1.54, 1.807) is 13.0 Å². The zero-order valence-corrected chi connectivity index (χ0v) is 15.9. The number of para-hydroxylation sites is 1. The second-order valence-electron chi connectivity index (χ2n) is 6.03. The number of sulfonamides is 1. The first-order valence-electron chi connectivity index (χ1n) is 8.39. The van der Waals surface area contributed by atoms with Gasteiger partial charge in [-0.3, -0.25) is 4.31 Å². The van der Waals surface area contributed by atoms with Crippen molar-refractivity contribution in [3.8, 4) is 0 Å². The Morgan fingerprint density at radius 3 is 2.22 bits per heavy atom. The van der Waals surface area contributed by atoms with Gasteiger partial charge in [0.05, 0.1) is 21.7 Å². The number of aryl methyl sites for hydroxylation is 1. The molecule has 2 rings (SSSR count). The molecule has 0 bridgehead atoms. The van der Waals surface area contributed by atoms with E-state index in [4.69, 9.17) is 0 Å². The second-order valence-corrected chi connectivity index (χ2v) is 7.90. The molecule has 2 aromatic rings. The van der Waals surface area contributed by atoms with Crippen LogP contribution in [0.15, 0.2) is 47.4 Å². The topological polar surface area (TPSA) is 112 Å². The van der Waals surface area contributed by atoms with Crippen LogP contribution >= 0.6 is 0 Å². The highest BCUT2D eigenvalue weighted by Gasteiger charge is 2.28. The molecule has 0 radical (unpaired) electrons. The summed E-state index contributed by atoms with van der Waals surface area (Å²) in [6.45, 7) is 3.55. The van der Waals surface area contributed by atoms with Crippen LogP contribution in [-0.4, -0.2) is 37.1 Å². The minimum atomic E-state index is -4.15. The van der Waals surface area contributed by atoms with E-state index < -0.39 is 22.0 Å². The number of carboxylic acids is 2. The van der Waals surface area contributed by atoms with Crippen molar-refractivity contribution in [3.63, 3.8) is 0 Å². The summed E-state index contributed by atoms with van der Waals surface area (Å²) in [5.41, 5.74) is 0.240. The molecular formula is C19H21NO6S. The molecule has 0 atom stereocenters.